The average molecular weight is 580 g/mol. The molecular weight excluding hydrogens is 554 g/mol. The highest BCUT2D eigenvalue weighted by atomic mass is 32.2. The largest absolute Gasteiger partial charge is 0.410 e. The van der Waals surface area contributed by atoms with E-state index in [0.717, 1.165) is 77.7 Å². The number of benzene rings is 3. The predicted octanol–water partition coefficient (Wildman–Crippen LogP) is 4.38. The summed E-state index contributed by atoms with van der Waals surface area (Å²) in [5, 5.41) is 21.7. The van der Waals surface area contributed by atoms with Gasteiger partial charge in [0, 0.05) is 24.3 Å². The minimum atomic E-state index is -4.58. The molecule has 0 N–H and O–H groups in total. The van der Waals surface area contributed by atoms with Gasteiger partial charge in [0.25, 0.3) is 21.5 Å². The molecule has 0 saturated heterocycles. The SMILES string of the molecule is CCCCc1ccc(N(CCOS(=O)(=O)c2ccc([N+](=O)[O-])cc2)S(=O)(=O)Oc2ccc([N+](=O)[O-])cc2)cc1. The van der Waals surface area contributed by atoms with Gasteiger partial charge in [-0.2, -0.15) is 16.8 Å². The van der Waals surface area contributed by atoms with E-state index in [1.54, 1.807) is 24.3 Å². The molecule has 0 aliphatic carbocycles. The molecule has 3 aromatic rings. The third kappa shape index (κ3) is 7.95. The molecule has 0 aliphatic rings. The van der Waals surface area contributed by atoms with Crippen LogP contribution in [0.1, 0.15) is 25.3 Å². The number of hydrogen-bond acceptors (Lipinski definition) is 10. The quantitative estimate of drug-likeness (QED) is 0.151. The van der Waals surface area contributed by atoms with Crippen LogP contribution in [-0.2, 0) is 31.0 Å². The first kappa shape index (κ1) is 29.5. The minimum Gasteiger partial charge on any atom is -0.367 e. The number of aryl methyl sites for hydroxylation is 1. The lowest BCUT2D eigenvalue weighted by Gasteiger charge is -2.24. The molecule has 3 rings (SSSR count). The third-order valence-electron chi connectivity index (χ3n) is 5.43. The number of rotatable bonds is 14. The van der Waals surface area contributed by atoms with Crippen LogP contribution in [-0.4, -0.2) is 39.8 Å². The summed E-state index contributed by atoms with van der Waals surface area (Å²) in [6.07, 6.45) is 2.71. The van der Waals surface area contributed by atoms with E-state index in [0.29, 0.717) is 0 Å². The van der Waals surface area contributed by atoms with Gasteiger partial charge in [-0.25, -0.2) is 4.31 Å². The van der Waals surface area contributed by atoms with E-state index in [-0.39, 0.29) is 27.7 Å². The van der Waals surface area contributed by atoms with E-state index in [9.17, 15) is 37.1 Å². The molecule has 0 bridgehead atoms. The molecule has 0 amide bonds. The standard InChI is InChI=1S/C24H25N3O10S2/c1-2-3-4-19-5-7-20(8-6-19)25(39(34,35)37-23-13-9-21(10-14-23)26(28)29)17-18-36-38(32,33)24-15-11-22(12-16-24)27(30)31/h5-16H,2-4,17-18H2,1H3. The Morgan fingerprint density at radius 1 is 0.795 bits per heavy atom. The maximum absolute atomic E-state index is 13.2. The van der Waals surface area contributed by atoms with Crippen LogP contribution in [0.25, 0.3) is 0 Å². The number of nitro benzene ring substituents is 2. The van der Waals surface area contributed by atoms with Gasteiger partial charge in [0.15, 0.2) is 0 Å². The van der Waals surface area contributed by atoms with Crippen molar-refractivity contribution in [1.82, 2.24) is 0 Å². The molecule has 0 saturated carbocycles. The molecule has 3 aromatic carbocycles. The molecule has 0 heterocycles. The highest BCUT2D eigenvalue weighted by molar-refractivity contribution is 7.88. The fraction of sp³-hybridized carbons (Fsp3) is 0.250. The Bertz CT molecular complexity index is 1510. The van der Waals surface area contributed by atoms with Gasteiger partial charge in [0.1, 0.15) is 5.75 Å². The van der Waals surface area contributed by atoms with Crippen LogP contribution in [0.15, 0.2) is 77.7 Å². The lowest BCUT2D eigenvalue weighted by molar-refractivity contribution is -0.385. The lowest BCUT2D eigenvalue weighted by atomic mass is 10.1. The van der Waals surface area contributed by atoms with Crippen LogP contribution < -0.4 is 8.49 Å². The fourth-order valence-electron chi connectivity index (χ4n) is 3.40. The Balaban J connectivity index is 1.82. The summed E-state index contributed by atoms with van der Waals surface area (Å²) in [5.41, 5.74) is 0.584. The molecule has 15 heteroatoms. The second-order valence-corrected chi connectivity index (χ2v) is 11.2. The zero-order chi connectivity index (χ0) is 28.6. The molecule has 0 fully saturated rings. The third-order valence-corrected chi connectivity index (χ3v) is 8.09. The molecule has 13 nitrogen and oxygen atoms in total. The van der Waals surface area contributed by atoms with Crippen LogP contribution in [0.4, 0.5) is 17.1 Å². The summed E-state index contributed by atoms with van der Waals surface area (Å²) in [4.78, 5) is 20.0. The van der Waals surface area contributed by atoms with Gasteiger partial charge in [0.2, 0.25) is 0 Å². The normalized spacial score (nSPS) is 11.6. The molecule has 39 heavy (non-hydrogen) atoms. The van der Waals surface area contributed by atoms with E-state index in [2.05, 4.69) is 0 Å². The van der Waals surface area contributed by atoms with Gasteiger partial charge in [-0.05, 0) is 54.8 Å². The van der Waals surface area contributed by atoms with E-state index in [1.165, 1.54) is 0 Å². The van der Waals surface area contributed by atoms with Gasteiger partial charge >= 0.3 is 10.3 Å². The highest BCUT2D eigenvalue weighted by Gasteiger charge is 2.27. The second kappa shape index (κ2) is 12.6. The van der Waals surface area contributed by atoms with Crippen molar-refractivity contribution in [1.29, 1.82) is 0 Å². The number of hydrogen-bond donors (Lipinski definition) is 0. The van der Waals surface area contributed by atoms with E-state index in [4.69, 9.17) is 8.37 Å². The number of nitrogens with zero attached hydrogens (tertiary/aromatic N) is 3. The Hall–Kier alpha value is -4.08. The van der Waals surface area contributed by atoms with E-state index >= 15 is 0 Å². The second-order valence-electron chi connectivity index (χ2n) is 8.16. The van der Waals surface area contributed by atoms with Crippen LogP contribution >= 0.6 is 0 Å². The van der Waals surface area contributed by atoms with Crippen molar-refractivity contribution in [2.45, 2.75) is 31.1 Å². The fourth-order valence-corrected chi connectivity index (χ4v) is 5.42. The van der Waals surface area contributed by atoms with Crippen LogP contribution in [0, 0.1) is 20.2 Å². The van der Waals surface area contributed by atoms with E-state index < -0.39 is 43.4 Å². The zero-order valence-electron chi connectivity index (χ0n) is 20.7. The molecular formula is C24H25N3O10S2. The van der Waals surface area contributed by atoms with Crippen LogP contribution in [0.2, 0.25) is 0 Å². The highest BCUT2D eigenvalue weighted by Crippen LogP contribution is 2.25. The van der Waals surface area contributed by atoms with Gasteiger partial charge in [-0.3, -0.25) is 24.4 Å². The van der Waals surface area contributed by atoms with Crippen molar-refractivity contribution in [3.8, 4) is 5.75 Å². The molecule has 208 valence electrons. The maximum atomic E-state index is 13.2. The summed E-state index contributed by atoms with van der Waals surface area (Å²) in [6.45, 7) is 0.957. The topological polar surface area (TPSA) is 176 Å². The number of anilines is 1. The summed E-state index contributed by atoms with van der Waals surface area (Å²) >= 11 is 0. The van der Waals surface area contributed by atoms with Crippen molar-refractivity contribution in [2.24, 2.45) is 0 Å². The first-order valence-electron chi connectivity index (χ1n) is 11.6. The monoisotopic (exact) mass is 579 g/mol. The first-order valence-corrected chi connectivity index (χ1v) is 14.4. The van der Waals surface area contributed by atoms with Gasteiger partial charge in [-0.15, -0.1) is 0 Å². The average Bonchev–Trinajstić information content (AvgIpc) is 2.90. The Morgan fingerprint density at radius 3 is 1.85 bits per heavy atom. The van der Waals surface area contributed by atoms with Gasteiger partial charge < -0.3 is 4.18 Å². The van der Waals surface area contributed by atoms with Crippen LogP contribution in [0.5, 0.6) is 5.75 Å². The molecule has 0 atom stereocenters. The number of unbranched alkanes of at least 4 members (excludes halogenated alkanes) is 1. The van der Waals surface area contributed by atoms with E-state index in [1.807, 2.05) is 6.92 Å². The van der Waals surface area contributed by atoms with Gasteiger partial charge in [-0.1, -0.05) is 25.5 Å². The summed E-state index contributed by atoms with van der Waals surface area (Å²) in [5.74, 6) is -0.190. The summed E-state index contributed by atoms with van der Waals surface area (Å²) in [7, 11) is -8.94. The summed E-state index contributed by atoms with van der Waals surface area (Å²) < 4.78 is 62.5. The molecule has 0 spiro atoms. The molecule has 0 aromatic heterocycles. The summed E-state index contributed by atoms with van der Waals surface area (Å²) in [6, 6.07) is 15.0. The van der Waals surface area contributed by atoms with Crippen molar-refractivity contribution in [3.63, 3.8) is 0 Å². The Morgan fingerprint density at radius 2 is 1.33 bits per heavy atom. The zero-order valence-corrected chi connectivity index (χ0v) is 22.3. The van der Waals surface area contributed by atoms with Crippen molar-refractivity contribution >= 4 is 37.5 Å². The van der Waals surface area contributed by atoms with Crippen molar-refractivity contribution in [3.05, 3.63) is 98.6 Å². The molecule has 0 unspecified atom stereocenters. The maximum Gasteiger partial charge on any atom is 0.410 e. The number of non-ortho nitro benzene ring substituents is 2. The van der Waals surface area contributed by atoms with Gasteiger partial charge in [0.05, 0.1) is 33.6 Å². The lowest BCUT2D eigenvalue weighted by Crippen LogP contribution is -2.37. The Labute approximate surface area is 225 Å². The molecule has 0 radical (unpaired) electrons. The first-order chi connectivity index (χ1) is 18.4. The predicted molar refractivity (Wildman–Crippen MR) is 141 cm³/mol. The number of nitro groups is 2. The van der Waals surface area contributed by atoms with Crippen molar-refractivity contribution in [2.75, 3.05) is 17.5 Å². The molecule has 0 aliphatic heterocycles. The van der Waals surface area contributed by atoms with Crippen LogP contribution in [0.3, 0.4) is 0 Å². The Kier molecular flexibility index (Phi) is 9.56. The minimum absolute atomic E-state index is 0.175. The smallest absolute Gasteiger partial charge is 0.367 e. The van der Waals surface area contributed by atoms with Crippen molar-refractivity contribution < 1.29 is 35.0 Å².